The third-order valence-electron chi connectivity index (χ3n) is 5.94. The molecule has 0 bridgehead atoms. The molecule has 9 heteroatoms. The lowest BCUT2D eigenvalue weighted by Crippen LogP contribution is -2.29. The Balaban J connectivity index is 1.53. The molecule has 1 unspecified atom stereocenters. The summed E-state index contributed by atoms with van der Waals surface area (Å²) in [6.45, 7) is 3.30. The van der Waals surface area contributed by atoms with Crippen molar-refractivity contribution < 1.29 is 9.90 Å². The van der Waals surface area contributed by atoms with Gasteiger partial charge in [0.25, 0.3) is 5.91 Å². The minimum Gasteiger partial charge on any atom is -0.387 e. The number of rotatable bonds is 8. The van der Waals surface area contributed by atoms with Crippen LogP contribution in [0.1, 0.15) is 38.0 Å². The highest BCUT2D eigenvalue weighted by molar-refractivity contribution is 7.19. The largest absolute Gasteiger partial charge is 0.387 e. The van der Waals surface area contributed by atoms with Gasteiger partial charge < -0.3 is 15.0 Å². The Hall–Kier alpha value is -3.04. The van der Waals surface area contributed by atoms with Gasteiger partial charge in [0, 0.05) is 55.2 Å². The number of likely N-dealkylation sites (N-methyl/N-ethyl adjacent to an activating group) is 1. The highest BCUT2D eigenvalue weighted by Crippen LogP contribution is 2.30. The van der Waals surface area contributed by atoms with Crippen LogP contribution >= 0.6 is 22.9 Å². The second-order valence-electron chi connectivity index (χ2n) is 8.61. The van der Waals surface area contributed by atoms with Gasteiger partial charge in [-0.05, 0) is 54.9 Å². The predicted octanol–water partition coefficient (Wildman–Crippen LogP) is 4.05. The molecule has 1 amide bonds. The lowest BCUT2D eigenvalue weighted by Gasteiger charge is -2.20. The molecule has 3 heterocycles. The zero-order chi connectivity index (χ0) is 25.1. The Morgan fingerprint density at radius 2 is 1.91 bits per heavy atom. The second-order valence-corrected chi connectivity index (χ2v) is 10.2. The summed E-state index contributed by atoms with van der Waals surface area (Å²) in [5, 5.41) is 14.0. The van der Waals surface area contributed by atoms with Crippen molar-refractivity contribution in [2.45, 2.75) is 26.1 Å². The van der Waals surface area contributed by atoms with Crippen molar-refractivity contribution in [2.75, 3.05) is 13.6 Å². The number of benzene rings is 1. The minimum absolute atomic E-state index is 0.114. The standard InChI is InChI=1S/C26H27ClN4O3S/c1-16-22(15-30(2)14-21(32)18-8-10-28-11-9-18)35-25-23(16)31(3)13-20(24(25)33)26(34)29-12-17-4-6-19(27)7-5-17/h4-11,13,21,32H,12,14-15H2,1-3H3,(H,29,34). The molecular formula is C26H27ClN4O3S. The van der Waals surface area contributed by atoms with Crippen LogP contribution in [-0.2, 0) is 20.1 Å². The van der Waals surface area contributed by atoms with Gasteiger partial charge in [-0.2, -0.15) is 0 Å². The van der Waals surface area contributed by atoms with E-state index in [-0.39, 0.29) is 11.0 Å². The first kappa shape index (κ1) is 25.1. The van der Waals surface area contributed by atoms with E-state index in [1.807, 2.05) is 42.6 Å². The van der Waals surface area contributed by atoms with Crippen LogP contribution in [0, 0.1) is 6.92 Å². The van der Waals surface area contributed by atoms with Crippen LogP contribution < -0.4 is 10.7 Å². The number of aryl methyl sites for hydroxylation is 2. The number of hydrogen-bond acceptors (Lipinski definition) is 6. The fraction of sp³-hybridized carbons (Fsp3) is 0.269. The first-order valence-electron chi connectivity index (χ1n) is 11.2. The van der Waals surface area contributed by atoms with Gasteiger partial charge >= 0.3 is 0 Å². The van der Waals surface area contributed by atoms with E-state index in [2.05, 4.69) is 10.3 Å². The summed E-state index contributed by atoms with van der Waals surface area (Å²) in [7, 11) is 3.78. The van der Waals surface area contributed by atoms with E-state index >= 15 is 0 Å². The molecule has 1 atom stereocenters. The third-order valence-corrected chi connectivity index (χ3v) is 7.46. The van der Waals surface area contributed by atoms with Crippen LogP contribution in [-0.4, -0.2) is 39.1 Å². The summed E-state index contributed by atoms with van der Waals surface area (Å²) in [5.41, 5.74) is 3.37. The summed E-state index contributed by atoms with van der Waals surface area (Å²) in [5.74, 6) is -0.410. The quantitative estimate of drug-likeness (QED) is 0.373. The summed E-state index contributed by atoms with van der Waals surface area (Å²) in [6.07, 6.45) is 4.28. The third kappa shape index (κ3) is 5.62. The van der Waals surface area contributed by atoms with Crippen LogP contribution in [0.5, 0.6) is 0 Å². The summed E-state index contributed by atoms with van der Waals surface area (Å²) >= 11 is 7.32. The molecule has 0 aliphatic carbocycles. The van der Waals surface area contributed by atoms with Gasteiger partial charge in [-0.1, -0.05) is 23.7 Å². The maximum absolute atomic E-state index is 13.3. The fourth-order valence-corrected chi connectivity index (χ4v) is 5.56. The van der Waals surface area contributed by atoms with Crippen molar-refractivity contribution in [3.63, 3.8) is 0 Å². The first-order valence-corrected chi connectivity index (χ1v) is 12.3. The molecule has 0 aliphatic heterocycles. The topological polar surface area (TPSA) is 87.5 Å². The van der Waals surface area contributed by atoms with Crippen LogP contribution in [0.15, 0.2) is 59.8 Å². The number of pyridine rings is 2. The van der Waals surface area contributed by atoms with Crippen molar-refractivity contribution >= 4 is 39.1 Å². The number of hydrogen-bond donors (Lipinski definition) is 2. The van der Waals surface area contributed by atoms with Crippen LogP contribution in [0.2, 0.25) is 5.02 Å². The molecular weight excluding hydrogens is 484 g/mol. The number of carbonyl (C=O) groups excluding carboxylic acids is 1. The number of thiophene rings is 1. The average molecular weight is 511 g/mol. The highest BCUT2D eigenvalue weighted by atomic mass is 35.5. The lowest BCUT2D eigenvalue weighted by atomic mass is 10.1. The Morgan fingerprint density at radius 1 is 1.23 bits per heavy atom. The maximum atomic E-state index is 13.3. The normalized spacial score (nSPS) is 12.3. The van der Waals surface area contributed by atoms with Crippen LogP contribution in [0.4, 0.5) is 0 Å². The molecule has 35 heavy (non-hydrogen) atoms. The van der Waals surface area contributed by atoms with E-state index in [1.165, 1.54) is 11.3 Å². The molecule has 7 nitrogen and oxygen atoms in total. The van der Waals surface area contributed by atoms with Gasteiger partial charge in [0.1, 0.15) is 5.56 Å². The van der Waals surface area contributed by atoms with Crippen molar-refractivity contribution in [2.24, 2.45) is 7.05 Å². The number of aromatic nitrogens is 2. The first-order chi connectivity index (χ1) is 16.7. The fourth-order valence-electron chi connectivity index (χ4n) is 4.06. The van der Waals surface area contributed by atoms with Gasteiger partial charge in [0.15, 0.2) is 0 Å². The molecule has 0 spiro atoms. The highest BCUT2D eigenvalue weighted by Gasteiger charge is 2.21. The van der Waals surface area contributed by atoms with Crippen LogP contribution in [0.3, 0.4) is 0 Å². The zero-order valence-corrected chi connectivity index (χ0v) is 21.4. The number of carbonyl (C=O) groups is 1. The number of aliphatic hydroxyl groups is 1. The monoisotopic (exact) mass is 510 g/mol. The number of amides is 1. The molecule has 0 saturated carbocycles. The van der Waals surface area contributed by atoms with E-state index in [1.54, 1.807) is 42.9 Å². The number of nitrogens with one attached hydrogen (secondary N) is 1. The maximum Gasteiger partial charge on any atom is 0.257 e. The molecule has 4 rings (SSSR count). The van der Waals surface area contributed by atoms with Gasteiger partial charge in [-0.25, -0.2) is 0 Å². The Morgan fingerprint density at radius 3 is 2.60 bits per heavy atom. The molecule has 0 fully saturated rings. The summed E-state index contributed by atoms with van der Waals surface area (Å²) < 4.78 is 2.40. The average Bonchev–Trinajstić information content (AvgIpc) is 3.17. The van der Waals surface area contributed by atoms with Gasteiger partial charge in [-0.3, -0.25) is 19.5 Å². The lowest BCUT2D eigenvalue weighted by molar-refractivity contribution is 0.0949. The van der Waals surface area contributed by atoms with Gasteiger partial charge in [0.2, 0.25) is 5.43 Å². The van der Waals surface area contributed by atoms with Gasteiger partial charge in [-0.15, -0.1) is 11.3 Å². The molecule has 1 aromatic carbocycles. The Bertz CT molecular complexity index is 1400. The van der Waals surface area contributed by atoms with E-state index < -0.39 is 12.0 Å². The predicted molar refractivity (Wildman–Crippen MR) is 140 cm³/mol. The number of aliphatic hydroxyl groups excluding tert-OH is 1. The molecule has 3 aromatic heterocycles. The molecule has 2 N–H and O–H groups in total. The van der Waals surface area contributed by atoms with Crippen molar-refractivity contribution in [3.8, 4) is 0 Å². The van der Waals surface area contributed by atoms with E-state index in [0.29, 0.717) is 29.4 Å². The van der Waals surface area contributed by atoms with Crippen molar-refractivity contribution in [1.82, 2.24) is 19.8 Å². The summed E-state index contributed by atoms with van der Waals surface area (Å²) in [6, 6.07) is 10.8. The van der Waals surface area contributed by atoms with Crippen molar-refractivity contribution in [1.29, 1.82) is 0 Å². The smallest absolute Gasteiger partial charge is 0.257 e. The Labute approximate surface area is 212 Å². The number of fused-ring (bicyclic) bond motifs is 1. The zero-order valence-electron chi connectivity index (χ0n) is 19.8. The van der Waals surface area contributed by atoms with E-state index in [0.717, 1.165) is 27.1 Å². The molecule has 4 aromatic rings. The van der Waals surface area contributed by atoms with Crippen molar-refractivity contribution in [3.05, 3.63) is 97.4 Å². The van der Waals surface area contributed by atoms with E-state index in [9.17, 15) is 14.7 Å². The second kappa shape index (κ2) is 10.7. The molecule has 182 valence electrons. The molecule has 0 aliphatic rings. The number of nitrogens with zero attached hydrogens (tertiary/aromatic N) is 3. The Kier molecular flexibility index (Phi) is 7.66. The molecule has 0 radical (unpaired) electrons. The minimum atomic E-state index is -0.639. The van der Waals surface area contributed by atoms with Gasteiger partial charge in [0.05, 0.1) is 16.3 Å². The number of halogens is 1. The van der Waals surface area contributed by atoms with Crippen LogP contribution in [0.25, 0.3) is 10.2 Å². The SMILES string of the molecule is Cc1c(CN(C)CC(O)c2ccncc2)sc2c(=O)c(C(=O)NCc3ccc(Cl)cc3)cn(C)c12. The summed E-state index contributed by atoms with van der Waals surface area (Å²) in [4.78, 5) is 33.1. The van der Waals surface area contributed by atoms with E-state index in [4.69, 9.17) is 11.6 Å². The molecule has 0 saturated heterocycles.